The van der Waals surface area contributed by atoms with E-state index >= 15 is 14.4 Å². The van der Waals surface area contributed by atoms with Gasteiger partial charge in [-0.15, -0.1) is 0 Å². The lowest BCUT2D eigenvalue weighted by molar-refractivity contribution is 0.0937. The van der Waals surface area contributed by atoms with Gasteiger partial charge in [-0.1, -0.05) is 294 Å². The smallest absolute Gasteiger partial charge is 0.255 e. The molecule has 0 aliphatic heterocycles. The van der Waals surface area contributed by atoms with Gasteiger partial charge in [0.1, 0.15) is 59.5 Å². The van der Waals surface area contributed by atoms with E-state index in [2.05, 4.69) is 36.7 Å². The summed E-state index contributed by atoms with van der Waals surface area (Å²) < 4.78 is 60.4. The SMILES string of the molecule is CCc1c(CNC(=O)c2ccc(OCc3ccccc3)c(OCc3ccccc3)c2OCc2ccccc2)c(CC)c(CNC(=O)c2ccc(OCc3ccccc3)c(OCc3ccccc3)c2OCc2ccccc2)c(CC)c1CNC(=O)c1ccc(OCc2ccccc2)c(OCc2ccccc2)c1OCc1ccccc1. The van der Waals surface area contributed by atoms with Gasteiger partial charge < -0.3 is 58.6 Å². The van der Waals surface area contributed by atoms with Crippen LogP contribution in [0.15, 0.2) is 309 Å². The molecule has 3 N–H and O–H groups in total. The van der Waals surface area contributed by atoms with Crippen LogP contribution >= 0.6 is 0 Å². The number of ether oxygens (including phenoxy) is 9. The fourth-order valence-electron chi connectivity index (χ4n) is 13.7. The summed E-state index contributed by atoms with van der Waals surface area (Å²) >= 11 is 0. The molecule has 0 atom stereocenters. The topological polar surface area (TPSA) is 170 Å². The second-order valence-electron chi connectivity index (χ2n) is 27.3. The molecule has 13 aromatic carbocycles. The lowest BCUT2D eigenvalue weighted by atomic mass is 9.83. The highest BCUT2D eigenvalue weighted by Gasteiger charge is 2.30. The zero-order valence-electron chi connectivity index (χ0n) is 64.5. The number of amides is 3. The molecule has 3 amide bonds. The highest BCUT2D eigenvalue weighted by Crippen LogP contribution is 2.46. The monoisotopic (exact) mass is 1520 g/mol. The van der Waals surface area contributed by atoms with Crippen molar-refractivity contribution in [2.75, 3.05) is 0 Å². The number of nitrogens with one attached hydrogen (secondary N) is 3. The molecular weight excluding hydrogens is 1420 g/mol. The van der Waals surface area contributed by atoms with Gasteiger partial charge in [-0.25, -0.2) is 0 Å². The Kier molecular flexibility index (Phi) is 27.9. The molecule has 0 unspecified atom stereocenters. The Labute approximate surface area is 667 Å². The van der Waals surface area contributed by atoms with Crippen LogP contribution in [0.1, 0.15) is 135 Å². The maximum Gasteiger partial charge on any atom is 0.255 e. The minimum absolute atomic E-state index is 0.0235. The highest BCUT2D eigenvalue weighted by molar-refractivity contribution is 6.00. The summed E-state index contributed by atoms with van der Waals surface area (Å²) in [6.07, 6.45) is 1.47. The molecule has 114 heavy (non-hydrogen) atoms. The molecule has 0 fully saturated rings. The number of benzene rings is 13. The Hall–Kier alpha value is -13.5. The first-order valence-corrected chi connectivity index (χ1v) is 38.7. The van der Waals surface area contributed by atoms with Crippen molar-refractivity contribution in [1.29, 1.82) is 0 Å². The van der Waals surface area contributed by atoms with Crippen molar-refractivity contribution in [3.05, 3.63) is 410 Å². The summed E-state index contributed by atoms with van der Waals surface area (Å²) in [6.45, 7) is 7.74. The molecule has 0 spiro atoms. The Morgan fingerprint density at radius 1 is 0.202 bits per heavy atom. The van der Waals surface area contributed by atoms with Crippen LogP contribution in [0.4, 0.5) is 0 Å². The normalized spacial score (nSPS) is 10.9. The average Bonchev–Trinajstić information content (AvgIpc) is 0.768. The van der Waals surface area contributed by atoms with Crippen LogP contribution in [-0.2, 0) is 98.4 Å². The van der Waals surface area contributed by atoms with Crippen molar-refractivity contribution >= 4 is 17.7 Å². The molecule has 15 heteroatoms. The van der Waals surface area contributed by atoms with E-state index in [0.717, 1.165) is 83.5 Å². The van der Waals surface area contributed by atoms with Gasteiger partial charge in [0.15, 0.2) is 34.5 Å². The molecule has 0 radical (unpaired) electrons. The van der Waals surface area contributed by atoms with Gasteiger partial charge in [-0.05, 0) is 139 Å². The van der Waals surface area contributed by atoms with E-state index < -0.39 is 17.7 Å². The van der Waals surface area contributed by atoms with Gasteiger partial charge in [-0.3, -0.25) is 14.4 Å². The predicted octanol–water partition coefficient (Wildman–Crippen LogP) is 20.4. The quantitative estimate of drug-likeness (QED) is 0.0334. The van der Waals surface area contributed by atoms with E-state index in [-0.39, 0.29) is 130 Å². The summed E-state index contributed by atoms with van der Waals surface area (Å²) in [5.41, 5.74) is 14.0. The largest absolute Gasteiger partial charge is 0.485 e. The van der Waals surface area contributed by atoms with Crippen molar-refractivity contribution < 1.29 is 57.0 Å². The van der Waals surface area contributed by atoms with E-state index in [4.69, 9.17) is 42.6 Å². The zero-order valence-corrected chi connectivity index (χ0v) is 64.5. The van der Waals surface area contributed by atoms with E-state index in [0.29, 0.717) is 36.5 Å². The van der Waals surface area contributed by atoms with Crippen molar-refractivity contribution in [2.45, 2.75) is 119 Å². The average molecular weight is 1520 g/mol. The predicted molar refractivity (Wildman–Crippen MR) is 444 cm³/mol. The fourth-order valence-corrected chi connectivity index (χ4v) is 13.7. The van der Waals surface area contributed by atoms with E-state index in [1.54, 1.807) is 36.4 Å². The minimum Gasteiger partial charge on any atom is -0.485 e. The molecule has 0 heterocycles. The van der Waals surface area contributed by atoms with Crippen molar-refractivity contribution in [3.8, 4) is 51.7 Å². The Bertz CT molecular complexity index is 4720. The molecule has 13 rings (SSSR count). The van der Waals surface area contributed by atoms with Crippen molar-refractivity contribution in [1.82, 2.24) is 16.0 Å². The standard InChI is InChI=1S/C99H93N3O12/c1-4-79-85(58-100-97(103)82-52-55-88(106-61-70-34-16-7-17-35-70)94(112-67-76-46-28-13-29-47-76)91(82)109-64-73-40-22-10-23-41-73)80(5-2)87(60-102-99(105)84-54-57-90(108-63-72-38-20-9-21-39-72)96(114-69-78-50-32-15-33-51-78)93(84)111-66-75-44-26-12-27-45-75)81(6-3)86(79)59-101-98(104)83-53-56-89(107-62-71-36-18-8-19-37-71)95(113-68-77-48-30-14-31-49-77)92(83)110-65-74-42-24-11-25-43-74/h7-57H,4-6,58-69H2,1-3H3,(H,100,103)(H,101,104)(H,102,105). The summed E-state index contributed by atoms with van der Waals surface area (Å²) in [7, 11) is 0. The first-order valence-electron chi connectivity index (χ1n) is 38.7. The summed E-state index contributed by atoms with van der Waals surface area (Å²) in [5, 5.41) is 10.1. The van der Waals surface area contributed by atoms with Crippen LogP contribution < -0.4 is 58.6 Å². The second kappa shape index (κ2) is 40.4. The third-order valence-electron chi connectivity index (χ3n) is 19.6. The maximum absolute atomic E-state index is 15.7. The van der Waals surface area contributed by atoms with Crippen LogP contribution in [0.25, 0.3) is 0 Å². The summed E-state index contributed by atoms with van der Waals surface area (Å²) in [6, 6.07) is 98.6. The van der Waals surface area contributed by atoms with Crippen LogP contribution in [0.2, 0.25) is 0 Å². The Balaban J connectivity index is 0.901. The lowest BCUT2D eigenvalue weighted by Crippen LogP contribution is -2.30. The van der Waals surface area contributed by atoms with Gasteiger partial charge in [0, 0.05) is 19.6 Å². The molecule has 0 aromatic heterocycles. The third kappa shape index (κ3) is 20.9. The fraction of sp³-hybridized carbons (Fsp3) is 0.182. The van der Waals surface area contributed by atoms with Crippen LogP contribution in [0.5, 0.6) is 51.7 Å². The van der Waals surface area contributed by atoms with Crippen LogP contribution in [-0.4, -0.2) is 17.7 Å². The van der Waals surface area contributed by atoms with E-state index in [9.17, 15) is 0 Å². The first-order chi connectivity index (χ1) is 56.2. The number of hydrogen-bond donors (Lipinski definition) is 3. The third-order valence-corrected chi connectivity index (χ3v) is 19.6. The van der Waals surface area contributed by atoms with E-state index in [1.165, 1.54) is 0 Å². The zero-order chi connectivity index (χ0) is 78.5. The number of rotatable bonds is 39. The second-order valence-corrected chi connectivity index (χ2v) is 27.3. The molecule has 576 valence electrons. The first kappa shape index (κ1) is 78.6. The highest BCUT2D eigenvalue weighted by atomic mass is 16.6. The summed E-state index contributed by atoms with van der Waals surface area (Å²) in [5.74, 6) is 1.23. The molecular formula is C99H93N3O12. The Morgan fingerprint density at radius 3 is 0.544 bits per heavy atom. The Morgan fingerprint density at radius 2 is 0.368 bits per heavy atom. The lowest BCUT2D eigenvalue weighted by Gasteiger charge is -2.27. The summed E-state index contributed by atoms with van der Waals surface area (Å²) in [4.78, 5) is 47.0. The minimum atomic E-state index is -0.445. The van der Waals surface area contributed by atoms with Gasteiger partial charge in [0.25, 0.3) is 17.7 Å². The van der Waals surface area contributed by atoms with E-state index in [1.807, 2.05) is 273 Å². The van der Waals surface area contributed by atoms with Gasteiger partial charge in [-0.2, -0.15) is 0 Å². The number of carbonyl (C=O) groups is 3. The molecule has 13 aromatic rings. The van der Waals surface area contributed by atoms with Crippen molar-refractivity contribution in [3.63, 3.8) is 0 Å². The molecule has 15 nitrogen and oxygen atoms in total. The van der Waals surface area contributed by atoms with Crippen LogP contribution in [0, 0.1) is 0 Å². The van der Waals surface area contributed by atoms with Gasteiger partial charge in [0.05, 0.1) is 16.7 Å². The molecule has 0 aliphatic carbocycles. The molecule has 0 aliphatic rings. The van der Waals surface area contributed by atoms with Gasteiger partial charge >= 0.3 is 0 Å². The number of hydrogen-bond acceptors (Lipinski definition) is 12. The van der Waals surface area contributed by atoms with Crippen molar-refractivity contribution in [2.24, 2.45) is 0 Å². The van der Waals surface area contributed by atoms with Crippen LogP contribution in [0.3, 0.4) is 0 Å². The number of carbonyl (C=O) groups excluding carboxylic acids is 3. The van der Waals surface area contributed by atoms with Gasteiger partial charge in [0.2, 0.25) is 17.2 Å². The molecule has 0 saturated carbocycles. The molecule has 0 saturated heterocycles. The maximum atomic E-state index is 15.7. The molecule has 0 bridgehead atoms.